The molecule has 0 aromatic carbocycles. The summed E-state index contributed by atoms with van der Waals surface area (Å²) >= 11 is 0. The van der Waals surface area contributed by atoms with Gasteiger partial charge in [-0.15, -0.1) is 0 Å². The van der Waals surface area contributed by atoms with Gasteiger partial charge in [-0.2, -0.15) is 0 Å². The van der Waals surface area contributed by atoms with Crippen LogP contribution in [0.5, 0.6) is 0 Å². The lowest BCUT2D eigenvalue weighted by Crippen LogP contribution is -2.43. The van der Waals surface area contributed by atoms with Gasteiger partial charge in [0, 0.05) is 6.42 Å². The Morgan fingerprint density at radius 1 is 1.82 bits per heavy atom. The number of urea groups is 1. The third-order valence-electron chi connectivity index (χ3n) is 1.77. The van der Waals surface area contributed by atoms with Crippen molar-refractivity contribution in [3.63, 3.8) is 0 Å². The van der Waals surface area contributed by atoms with Crippen LogP contribution in [-0.2, 0) is 4.79 Å². The first-order chi connectivity index (χ1) is 5.16. The number of aliphatic hydroxyl groups excluding tert-OH is 1. The van der Waals surface area contributed by atoms with Crippen LogP contribution in [0.25, 0.3) is 0 Å². The van der Waals surface area contributed by atoms with Crippen LogP contribution in [0.4, 0.5) is 4.79 Å². The van der Waals surface area contributed by atoms with Crippen LogP contribution in [0, 0.1) is 0 Å². The molecule has 0 bridgehead atoms. The lowest BCUT2D eigenvalue weighted by Gasteiger charge is -2.17. The van der Waals surface area contributed by atoms with Gasteiger partial charge in [-0.25, -0.2) is 4.79 Å². The number of likely N-dealkylation sites (tertiary alicyclic amines) is 1. The van der Waals surface area contributed by atoms with Crippen LogP contribution in [0.3, 0.4) is 0 Å². The molecule has 1 aliphatic heterocycles. The fourth-order valence-electron chi connectivity index (χ4n) is 1.22. The third kappa shape index (κ3) is 1.32. The van der Waals surface area contributed by atoms with Crippen molar-refractivity contribution in [1.29, 1.82) is 0 Å². The van der Waals surface area contributed by atoms with Crippen molar-refractivity contribution in [3.8, 4) is 0 Å². The number of carbonyl (C=O) groups is 2. The van der Waals surface area contributed by atoms with E-state index in [2.05, 4.69) is 0 Å². The molecule has 0 radical (unpaired) electrons. The summed E-state index contributed by atoms with van der Waals surface area (Å²) in [4.78, 5) is 22.4. The molecule has 1 aliphatic rings. The standard InChI is InChI=1S/C6H10N2O3/c7-6(11)8-4(3-9)1-2-5(8)10/h4,9H,1-3H2,(H2,7,11). The highest BCUT2D eigenvalue weighted by Crippen LogP contribution is 2.17. The number of hydrogen-bond acceptors (Lipinski definition) is 3. The minimum Gasteiger partial charge on any atom is -0.394 e. The van der Waals surface area contributed by atoms with Gasteiger partial charge in [0.15, 0.2) is 0 Å². The first kappa shape index (κ1) is 8.00. The maximum absolute atomic E-state index is 10.9. The third-order valence-corrected chi connectivity index (χ3v) is 1.77. The molecular formula is C6H10N2O3. The van der Waals surface area contributed by atoms with Gasteiger partial charge in [-0.1, -0.05) is 0 Å². The molecule has 5 heteroatoms. The van der Waals surface area contributed by atoms with Gasteiger partial charge in [0.2, 0.25) is 5.91 Å². The van der Waals surface area contributed by atoms with Crippen LogP contribution in [-0.4, -0.2) is 34.6 Å². The number of primary amides is 1. The molecule has 1 unspecified atom stereocenters. The van der Waals surface area contributed by atoms with Gasteiger partial charge in [0.1, 0.15) is 0 Å². The Morgan fingerprint density at radius 2 is 2.45 bits per heavy atom. The van der Waals surface area contributed by atoms with Gasteiger partial charge in [-0.3, -0.25) is 9.69 Å². The van der Waals surface area contributed by atoms with Crippen LogP contribution in [0.2, 0.25) is 0 Å². The Kier molecular flexibility index (Phi) is 2.09. The Hall–Kier alpha value is -1.10. The van der Waals surface area contributed by atoms with E-state index < -0.39 is 12.1 Å². The second-order valence-electron chi connectivity index (χ2n) is 2.48. The summed E-state index contributed by atoms with van der Waals surface area (Å²) in [6.07, 6.45) is 0.812. The van der Waals surface area contributed by atoms with Crippen LogP contribution < -0.4 is 5.73 Å². The van der Waals surface area contributed by atoms with E-state index in [1.165, 1.54) is 0 Å². The van der Waals surface area contributed by atoms with Crippen LogP contribution in [0.15, 0.2) is 0 Å². The summed E-state index contributed by atoms with van der Waals surface area (Å²) in [5, 5.41) is 8.70. The molecule has 0 saturated carbocycles. The molecule has 0 aromatic rings. The molecule has 0 spiro atoms. The number of imide groups is 1. The Bertz CT molecular complexity index is 192. The average molecular weight is 158 g/mol. The van der Waals surface area contributed by atoms with Crippen molar-refractivity contribution in [2.24, 2.45) is 5.73 Å². The van der Waals surface area contributed by atoms with E-state index in [1.54, 1.807) is 0 Å². The lowest BCUT2D eigenvalue weighted by atomic mass is 10.2. The van der Waals surface area contributed by atoms with Gasteiger partial charge < -0.3 is 10.8 Å². The van der Waals surface area contributed by atoms with E-state index in [0.29, 0.717) is 12.8 Å². The van der Waals surface area contributed by atoms with E-state index >= 15 is 0 Å². The zero-order valence-corrected chi connectivity index (χ0v) is 5.99. The number of rotatable bonds is 1. The van der Waals surface area contributed by atoms with E-state index in [1.807, 2.05) is 0 Å². The normalized spacial score (nSPS) is 24.3. The van der Waals surface area contributed by atoms with E-state index in [9.17, 15) is 9.59 Å². The summed E-state index contributed by atoms with van der Waals surface area (Å²) in [7, 11) is 0. The molecule has 1 fully saturated rings. The second kappa shape index (κ2) is 2.87. The van der Waals surface area contributed by atoms with Crippen LogP contribution >= 0.6 is 0 Å². The first-order valence-corrected chi connectivity index (χ1v) is 3.39. The van der Waals surface area contributed by atoms with Gasteiger partial charge in [0.25, 0.3) is 0 Å². The van der Waals surface area contributed by atoms with Crippen molar-refractivity contribution >= 4 is 11.9 Å². The van der Waals surface area contributed by atoms with Gasteiger partial charge >= 0.3 is 6.03 Å². The predicted molar refractivity (Wildman–Crippen MR) is 36.5 cm³/mol. The molecule has 1 rings (SSSR count). The molecule has 62 valence electrons. The molecule has 5 nitrogen and oxygen atoms in total. The topological polar surface area (TPSA) is 83.6 Å². The Balaban J connectivity index is 2.71. The summed E-state index contributed by atoms with van der Waals surface area (Å²) in [5.74, 6) is -0.295. The van der Waals surface area contributed by atoms with Crippen molar-refractivity contribution < 1.29 is 14.7 Å². The molecule has 0 aliphatic carbocycles. The van der Waals surface area contributed by atoms with Crippen molar-refractivity contribution in [1.82, 2.24) is 4.90 Å². The molecule has 1 saturated heterocycles. The largest absolute Gasteiger partial charge is 0.394 e. The number of hydrogen-bond donors (Lipinski definition) is 2. The summed E-state index contributed by atoms with van der Waals surface area (Å²) in [6.45, 7) is -0.200. The smallest absolute Gasteiger partial charge is 0.321 e. The lowest BCUT2D eigenvalue weighted by molar-refractivity contribution is -0.126. The van der Waals surface area contributed by atoms with Crippen LogP contribution in [0.1, 0.15) is 12.8 Å². The highest BCUT2D eigenvalue weighted by atomic mass is 16.3. The van der Waals surface area contributed by atoms with E-state index in [4.69, 9.17) is 10.8 Å². The molecule has 0 aromatic heterocycles. The monoisotopic (exact) mass is 158 g/mol. The van der Waals surface area contributed by atoms with E-state index in [-0.39, 0.29) is 12.5 Å². The minimum absolute atomic E-state index is 0.200. The maximum atomic E-state index is 10.9. The number of carbonyl (C=O) groups excluding carboxylic acids is 2. The predicted octanol–water partition coefficient (Wildman–Crippen LogP) is -0.952. The fraction of sp³-hybridized carbons (Fsp3) is 0.667. The maximum Gasteiger partial charge on any atom is 0.321 e. The molecule has 3 N–H and O–H groups in total. The highest BCUT2D eigenvalue weighted by Gasteiger charge is 2.33. The highest BCUT2D eigenvalue weighted by molar-refractivity contribution is 5.95. The van der Waals surface area contributed by atoms with Gasteiger partial charge in [0.05, 0.1) is 12.6 Å². The quantitative estimate of drug-likeness (QED) is 0.516. The van der Waals surface area contributed by atoms with Crippen molar-refractivity contribution in [2.45, 2.75) is 18.9 Å². The second-order valence-corrected chi connectivity index (χ2v) is 2.48. The number of nitrogens with zero attached hydrogens (tertiary/aromatic N) is 1. The Morgan fingerprint density at radius 3 is 2.82 bits per heavy atom. The first-order valence-electron chi connectivity index (χ1n) is 3.39. The summed E-state index contributed by atoms with van der Waals surface area (Å²) < 4.78 is 0. The molecular weight excluding hydrogens is 148 g/mol. The molecule has 3 amide bonds. The molecule has 1 heterocycles. The number of aliphatic hydroxyl groups is 1. The van der Waals surface area contributed by atoms with Crippen molar-refractivity contribution in [3.05, 3.63) is 0 Å². The fourth-order valence-corrected chi connectivity index (χ4v) is 1.22. The Labute approximate surface area is 63.8 Å². The number of amides is 3. The number of nitrogens with two attached hydrogens (primary N) is 1. The van der Waals surface area contributed by atoms with E-state index in [0.717, 1.165) is 4.90 Å². The van der Waals surface area contributed by atoms with Gasteiger partial charge in [-0.05, 0) is 6.42 Å². The average Bonchev–Trinajstić information content (AvgIpc) is 2.30. The SMILES string of the molecule is NC(=O)N1C(=O)CCC1CO. The summed E-state index contributed by atoms with van der Waals surface area (Å²) in [5.41, 5.74) is 4.91. The summed E-state index contributed by atoms with van der Waals surface area (Å²) in [6, 6.07) is -1.17. The molecule has 11 heavy (non-hydrogen) atoms. The van der Waals surface area contributed by atoms with Crippen molar-refractivity contribution in [2.75, 3.05) is 6.61 Å². The zero-order chi connectivity index (χ0) is 8.43. The minimum atomic E-state index is -0.772. The molecule has 1 atom stereocenters. The zero-order valence-electron chi connectivity index (χ0n) is 5.99.